The molecule has 1 aromatic carbocycles. The van der Waals surface area contributed by atoms with E-state index in [9.17, 15) is 9.90 Å². The maximum Gasteiger partial charge on any atom is 0.223 e. The van der Waals surface area contributed by atoms with Crippen molar-refractivity contribution in [2.75, 3.05) is 13.7 Å². The van der Waals surface area contributed by atoms with Gasteiger partial charge in [0, 0.05) is 13.0 Å². The molecule has 1 saturated heterocycles. The van der Waals surface area contributed by atoms with Gasteiger partial charge >= 0.3 is 0 Å². The van der Waals surface area contributed by atoms with Crippen molar-refractivity contribution in [2.24, 2.45) is 0 Å². The van der Waals surface area contributed by atoms with E-state index in [1.807, 2.05) is 35.2 Å². The molecule has 1 fully saturated rings. The number of aryl methyl sites for hydroxylation is 1. The number of rotatable bonds is 6. The first kappa shape index (κ1) is 17.5. The van der Waals surface area contributed by atoms with E-state index in [1.165, 1.54) is 0 Å². The van der Waals surface area contributed by atoms with E-state index in [2.05, 4.69) is 0 Å². The van der Waals surface area contributed by atoms with Crippen molar-refractivity contribution in [3.8, 4) is 5.75 Å². The first-order valence-electron chi connectivity index (χ1n) is 8.70. The van der Waals surface area contributed by atoms with Crippen molar-refractivity contribution in [3.63, 3.8) is 0 Å². The number of hydrogen-bond acceptors (Lipinski definition) is 4. The Kier molecular flexibility index (Phi) is 5.13. The molecule has 1 N–H and O–H groups in total. The van der Waals surface area contributed by atoms with Crippen molar-refractivity contribution >= 4 is 5.91 Å². The lowest BCUT2D eigenvalue weighted by Crippen LogP contribution is -2.48. The van der Waals surface area contributed by atoms with Crippen LogP contribution in [0.4, 0.5) is 0 Å². The molecule has 25 heavy (non-hydrogen) atoms. The molecule has 5 heteroatoms. The van der Waals surface area contributed by atoms with Gasteiger partial charge in [-0.1, -0.05) is 12.1 Å². The second kappa shape index (κ2) is 7.31. The molecule has 0 radical (unpaired) electrons. The standard InChI is InChI=1S/C20H25NO4/c1-20(23,16-6-8-17(24-2)9-7-16)18-4-3-12-21(18)19(22)10-5-15-11-13-25-14-15/h6-9,11,13-14,18,23H,3-5,10,12H2,1-2H3/t18-,20+/m0/s1. The van der Waals surface area contributed by atoms with Crippen LogP contribution in [0.3, 0.4) is 0 Å². The molecule has 1 aliphatic rings. The molecular formula is C20H25NO4. The summed E-state index contributed by atoms with van der Waals surface area (Å²) < 4.78 is 10.2. The van der Waals surface area contributed by atoms with Crippen LogP contribution in [0.2, 0.25) is 0 Å². The highest BCUT2D eigenvalue weighted by Gasteiger charge is 2.42. The fraction of sp³-hybridized carbons (Fsp3) is 0.450. The van der Waals surface area contributed by atoms with Gasteiger partial charge in [0.15, 0.2) is 0 Å². The largest absolute Gasteiger partial charge is 0.497 e. The van der Waals surface area contributed by atoms with E-state index in [0.29, 0.717) is 19.4 Å². The number of likely N-dealkylation sites (tertiary alicyclic amines) is 1. The number of carbonyl (C=O) groups excluding carboxylic acids is 1. The number of amides is 1. The second-order valence-electron chi connectivity index (χ2n) is 6.75. The van der Waals surface area contributed by atoms with Gasteiger partial charge < -0.3 is 19.2 Å². The van der Waals surface area contributed by atoms with Crippen LogP contribution in [0.5, 0.6) is 5.75 Å². The Labute approximate surface area is 148 Å². The zero-order valence-corrected chi connectivity index (χ0v) is 14.8. The first-order chi connectivity index (χ1) is 12.0. The molecule has 1 aliphatic heterocycles. The molecule has 0 spiro atoms. The van der Waals surface area contributed by atoms with Crippen molar-refractivity contribution in [2.45, 2.75) is 44.2 Å². The van der Waals surface area contributed by atoms with Crippen LogP contribution in [0.25, 0.3) is 0 Å². The predicted molar refractivity (Wildman–Crippen MR) is 94.3 cm³/mol. The highest BCUT2D eigenvalue weighted by atomic mass is 16.5. The highest BCUT2D eigenvalue weighted by molar-refractivity contribution is 5.77. The van der Waals surface area contributed by atoms with Crippen LogP contribution in [0.15, 0.2) is 47.3 Å². The Hall–Kier alpha value is -2.27. The van der Waals surface area contributed by atoms with Gasteiger partial charge in [-0.25, -0.2) is 0 Å². The SMILES string of the molecule is COc1ccc([C@@](C)(O)[C@@H]2CCCN2C(=O)CCc2ccoc2)cc1. The molecule has 134 valence electrons. The molecule has 5 nitrogen and oxygen atoms in total. The fourth-order valence-electron chi connectivity index (χ4n) is 3.60. The van der Waals surface area contributed by atoms with Crippen LogP contribution in [-0.4, -0.2) is 35.6 Å². The monoisotopic (exact) mass is 343 g/mol. The lowest BCUT2D eigenvalue weighted by Gasteiger charge is -2.37. The zero-order valence-electron chi connectivity index (χ0n) is 14.8. The van der Waals surface area contributed by atoms with E-state index in [0.717, 1.165) is 29.7 Å². The molecule has 0 unspecified atom stereocenters. The van der Waals surface area contributed by atoms with Crippen molar-refractivity contribution in [3.05, 3.63) is 54.0 Å². The van der Waals surface area contributed by atoms with Crippen molar-refractivity contribution < 1.29 is 19.1 Å². The number of hydrogen-bond donors (Lipinski definition) is 1. The molecule has 2 heterocycles. The summed E-state index contributed by atoms with van der Waals surface area (Å²) in [5.41, 5.74) is 0.729. The number of methoxy groups -OCH3 is 1. The lowest BCUT2D eigenvalue weighted by atomic mass is 9.86. The fourth-order valence-corrected chi connectivity index (χ4v) is 3.60. The number of ether oxygens (including phenoxy) is 1. The van der Waals surface area contributed by atoms with Crippen LogP contribution >= 0.6 is 0 Å². The van der Waals surface area contributed by atoms with Crippen LogP contribution in [0, 0.1) is 0 Å². The Bertz CT molecular complexity index is 691. The van der Waals surface area contributed by atoms with Crippen LogP contribution < -0.4 is 4.74 Å². The molecule has 2 atom stereocenters. The van der Waals surface area contributed by atoms with Crippen molar-refractivity contribution in [1.29, 1.82) is 0 Å². The summed E-state index contributed by atoms with van der Waals surface area (Å²) in [7, 11) is 1.62. The molecule has 1 aromatic heterocycles. The van der Waals surface area contributed by atoms with Gasteiger partial charge in [0.2, 0.25) is 5.91 Å². The average molecular weight is 343 g/mol. The van der Waals surface area contributed by atoms with E-state index in [1.54, 1.807) is 26.6 Å². The molecule has 0 bridgehead atoms. The summed E-state index contributed by atoms with van der Waals surface area (Å²) in [6.07, 6.45) is 6.08. The quantitative estimate of drug-likeness (QED) is 0.875. The normalized spacial score (nSPS) is 19.6. The summed E-state index contributed by atoms with van der Waals surface area (Å²) in [6, 6.07) is 9.07. The lowest BCUT2D eigenvalue weighted by molar-refractivity contribution is -0.137. The summed E-state index contributed by atoms with van der Waals surface area (Å²) in [4.78, 5) is 14.5. The van der Waals surface area contributed by atoms with Gasteiger partial charge in [-0.05, 0) is 55.5 Å². The number of carbonyl (C=O) groups is 1. The predicted octanol–water partition coefficient (Wildman–Crippen LogP) is 3.12. The number of benzene rings is 1. The number of aliphatic hydroxyl groups is 1. The van der Waals surface area contributed by atoms with Crippen molar-refractivity contribution in [1.82, 2.24) is 4.90 Å². The van der Waals surface area contributed by atoms with Gasteiger partial charge in [0.05, 0.1) is 25.7 Å². The maximum absolute atomic E-state index is 12.7. The van der Waals surface area contributed by atoms with E-state index < -0.39 is 5.60 Å². The minimum atomic E-state index is -1.09. The summed E-state index contributed by atoms with van der Waals surface area (Å²) >= 11 is 0. The summed E-state index contributed by atoms with van der Waals surface area (Å²) in [5, 5.41) is 11.2. The van der Waals surface area contributed by atoms with Crippen LogP contribution in [-0.2, 0) is 16.8 Å². The third kappa shape index (κ3) is 3.71. The van der Waals surface area contributed by atoms with E-state index in [-0.39, 0.29) is 11.9 Å². The van der Waals surface area contributed by atoms with Crippen LogP contribution in [0.1, 0.15) is 37.3 Å². The minimum Gasteiger partial charge on any atom is -0.497 e. The van der Waals surface area contributed by atoms with E-state index in [4.69, 9.17) is 9.15 Å². The first-order valence-corrected chi connectivity index (χ1v) is 8.70. The summed E-state index contributed by atoms with van der Waals surface area (Å²) in [6.45, 7) is 2.49. The second-order valence-corrected chi connectivity index (χ2v) is 6.75. The van der Waals surface area contributed by atoms with Gasteiger partial charge in [-0.15, -0.1) is 0 Å². The highest BCUT2D eigenvalue weighted by Crippen LogP contribution is 2.35. The molecule has 0 saturated carbocycles. The molecule has 1 amide bonds. The van der Waals surface area contributed by atoms with E-state index >= 15 is 0 Å². The Morgan fingerprint density at radius 2 is 2.12 bits per heavy atom. The molecular weight excluding hydrogens is 318 g/mol. The molecule has 2 aromatic rings. The summed E-state index contributed by atoms with van der Waals surface area (Å²) in [5.74, 6) is 0.830. The smallest absolute Gasteiger partial charge is 0.223 e. The Balaban J connectivity index is 1.71. The van der Waals surface area contributed by atoms with Gasteiger partial charge in [0.25, 0.3) is 0 Å². The minimum absolute atomic E-state index is 0.0810. The topological polar surface area (TPSA) is 62.9 Å². The maximum atomic E-state index is 12.7. The third-order valence-corrected chi connectivity index (χ3v) is 5.10. The molecule has 0 aliphatic carbocycles. The molecule has 3 rings (SSSR count). The number of furan rings is 1. The Morgan fingerprint density at radius 1 is 1.36 bits per heavy atom. The third-order valence-electron chi connectivity index (χ3n) is 5.10. The zero-order chi connectivity index (χ0) is 17.9. The van der Waals surface area contributed by atoms with Gasteiger partial charge in [0.1, 0.15) is 11.4 Å². The Morgan fingerprint density at radius 3 is 2.76 bits per heavy atom. The van der Waals surface area contributed by atoms with Gasteiger partial charge in [-0.3, -0.25) is 4.79 Å². The number of nitrogens with zero attached hydrogens (tertiary/aromatic N) is 1. The average Bonchev–Trinajstić information content (AvgIpc) is 3.31. The van der Waals surface area contributed by atoms with Gasteiger partial charge in [-0.2, -0.15) is 0 Å².